The molecule has 0 aliphatic carbocycles. The fraction of sp³-hybridized carbons (Fsp3) is 0.438. The van der Waals surface area contributed by atoms with Gasteiger partial charge in [0.1, 0.15) is 0 Å². The van der Waals surface area contributed by atoms with E-state index in [9.17, 15) is 9.90 Å². The number of aromatic amines is 1. The number of hydrogen-bond acceptors (Lipinski definition) is 3. The van der Waals surface area contributed by atoms with Crippen LogP contribution in [-0.2, 0) is 0 Å². The summed E-state index contributed by atoms with van der Waals surface area (Å²) in [6.45, 7) is 8.43. The number of pyridine rings is 1. The third-order valence-electron chi connectivity index (χ3n) is 3.29. The van der Waals surface area contributed by atoms with Crippen LogP contribution in [0.4, 0.5) is 0 Å². The SMILES string of the molecule is Cc1cc2c([C@@H](O)CNC(C)(C)C)cccc2[nH]c1=O. The molecule has 2 aromatic rings. The molecule has 1 aromatic carbocycles. The van der Waals surface area contributed by atoms with Crippen LogP contribution in [0, 0.1) is 6.92 Å². The van der Waals surface area contributed by atoms with Crippen molar-refractivity contribution in [2.45, 2.75) is 39.3 Å². The van der Waals surface area contributed by atoms with E-state index in [0.29, 0.717) is 12.1 Å². The van der Waals surface area contributed by atoms with Crippen LogP contribution in [0.5, 0.6) is 0 Å². The van der Waals surface area contributed by atoms with Gasteiger partial charge in [0.2, 0.25) is 0 Å². The van der Waals surface area contributed by atoms with Crippen molar-refractivity contribution in [3.63, 3.8) is 0 Å². The van der Waals surface area contributed by atoms with Crippen LogP contribution in [-0.4, -0.2) is 22.2 Å². The minimum atomic E-state index is -0.608. The number of aromatic nitrogens is 1. The highest BCUT2D eigenvalue weighted by Gasteiger charge is 2.16. The number of aliphatic hydroxyl groups excluding tert-OH is 1. The molecule has 0 saturated carbocycles. The highest BCUT2D eigenvalue weighted by Crippen LogP contribution is 2.23. The lowest BCUT2D eigenvalue weighted by molar-refractivity contribution is 0.164. The van der Waals surface area contributed by atoms with Gasteiger partial charge in [-0.25, -0.2) is 0 Å². The van der Waals surface area contributed by atoms with E-state index in [0.717, 1.165) is 16.5 Å². The first-order valence-corrected chi connectivity index (χ1v) is 6.83. The molecule has 0 unspecified atom stereocenters. The van der Waals surface area contributed by atoms with Crippen LogP contribution in [0.2, 0.25) is 0 Å². The molecule has 4 heteroatoms. The summed E-state index contributed by atoms with van der Waals surface area (Å²) in [5.41, 5.74) is 2.11. The fourth-order valence-electron chi connectivity index (χ4n) is 2.16. The van der Waals surface area contributed by atoms with Crippen LogP contribution < -0.4 is 10.9 Å². The van der Waals surface area contributed by atoms with Crippen molar-refractivity contribution in [3.8, 4) is 0 Å². The van der Waals surface area contributed by atoms with Gasteiger partial charge in [0.25, 0.3) is 5.56 Å². The predicted molar refractivity (Wildman–Crippen MR) is 82.0 cm³/mol. The average molecular weight is 274 g/mol. The van der Waals surface area contributed by atoms with E-state index in [2.05, 4.69) is 31.1 Å². The summed E-state index contributed by atoms with van der Waals surface area (Å²) < 4.78 is 0. The third kappa shape index (κ3) is 3.26. The van der Waals surface area contributed by atoms with Crippen LogP contribution in [0.25, 0.3) is 10.9 Å². The quantitative estimate of drug-likeness (QED) is 0.804. The number of nitrogens with one attached hydrogen (secondary N) is 2. The van der Waals surface area contributed by atoms with Gasteiger partial charge in [-0.1, -0.05) is 12.1 Å². The van der Waals surface area contributed by atoms with Crippen molar-refractivity contribution in [1.82, 2.24) is 10.3 Å². The van der Waals surface area contributed by atoms with E-state index in [1.165, 1.54) is 0 Å². The van der Waals surface area contributed by atoms with Gasteiger partial charge in [-0.15, -0.1) is 0 Å². The van der Waals surface area contributed by atoms with Gasteiger partial charge >= 0.3 is 0 Å². The molecule has 0 amide bonds. The lowest BCUT2D eigenvalue weighted by Crippen LogP contribution is -2.38. The minimum absolute atomic E-state index is 0.0458. The van der Waals surface area contributed by atoms with Gasteiger partial charge in [0.15, 0.2) is 0 Å². The van der Waals surface area contributed by atoms with Gasteiger partial charge in [0.05, 0.1) is 6.10 Å². The van der Waals surface area contributed by atoms with Gasteiger partial charge < -0.3 is 15.4 Å². The first-order chi connectivity index (χ1) is 9.28. The molecule has 4 nitrogen and oxygen atoms in total. The number of aliphatic hydroxyl groups is 1. The van der Waals surface area contributed by atoms with Gasteiger partial charge in [-0.2, -0.15) is 0 Å². The van der Waals surface area contributed by atoms with E-state index in [4.69, 9.17) is 0 Å². The molecule has 0 aliphatic heterocycles. The van der Waals surface area contributed by atoms with Crippen molar-refractivity contribution in [3.05, 3.63) is 45.7 Å². The molecule has 0 fully saturated rings. The normalized spacial score (nSPS) is 13.7. The van der Waals surface area contributed by atoms with Crippen molar-refractivity contribution in [2.24, 2.45) is 0 Å². The average Bonchev–Trinajstić information content (AvgIpc) is 2.36. The lowest BCUT2D eigenvalue weighted by Gasteiger charge is -2.23. The van der Waals surface area contributed by atoms with E-state index < -0.39 is 6.10 Å². The molecule has 20 heavy (non-hydrogen) atoms. The van der Waals surface area contributed by atoms with Gasteiger partial charge in [-0.3, -0.25) is 4.79 Å². The molecule has 3 N–H and O–H groups in total. The summed E-state index contributed by atoms with van der Waals surface area (Å²) >= 11 is 0. The fourth-order valence-corrected chi connectivity index (χ4v) is 2.16. The molecular formula is C16H22N2O2. The molecule has 1 aromatic heterocycles. The lowest BCUT2D eigenvalue weighted by atomic mass is 10.0. The zero-order valence-corrected chi connectivity index (χ0v) is 12.4. The molecule has 0 bridgehead atoms. The second-order valence-corrected chi connectivity index (χ2v) is 6.24. The standard InChI is InChI=1S/C16H22N2O2/c1-10-8-12-11(14(19)9-17-16(2,3)4)6-5-7-13(12)18-15(10)20/h5-8,14,17,19H,9H2,1-4H3,(H,18,20)/t14-/m0/s1. The monoisotopic (exact) mass is 274 g/mol. The first-order valence-electron chi connectivity index (χ1n) is 6.83. The molecule has 1 atom stereocenters. The topological polar surface area (TPSA) is 65.1 Å². The number of rotatable bonds is 3. The predicted octanol–water partition coefficient (Wildman–Crippen LogP) is 2.26. The summed E-state index contributed by atoms with van der Waals surface area (Å²) in [5.74, 6) is 0. The Bertz CT molecular complexity index is 668. The van der Waals surface area contributed by atoms with Crippen molar-refractivity contribution in [1.29, 1.82) is 0 Å². The maximum Gasteiger partial charge on any atom is 0.251 e. The molecular weight excluding hydrogens is 252 g/mol. The maximum absolute atomic E-state index is 11.6. The third-order valence-corrected chi connectivity index (χ3v) is 3.29. The summed E-state index contributed by atoms with van der Waals surface area (Å²) in [4.78, 5) is 14.5. The Morgan fingerprint density at radius 2 is 2.05 bits per heavy atom. The Labute approximate surface area is 118 Å². The highest BCUT2D eigenvalue weighted by molar-refractivity contribution is 5.83. The van der Waals surface area contributed by atoms with E-state index in [-0.39, 0.29) is 11.1 Å². The zero-order chi connectivity index (χ0) is 14.9. The summed E-state index contributed by atoms with van der Waals surface area (Å²) in [6, 6.07) is 7.44. The number of β-amino-alcohol motifs (C(OH)–C–C–N with tert-alkyl or cyclic N) is 1. The molecule has 0 aliphatic rings. The molecule has 0 spiro atoms. The summed E-state index contributed by atoms with van der Waals surface area (Å²) in [7, 11) is 0. The number of benzene rings is 1. The van der Waals surface area contributed by atoms with Gasteiger partial charge in [0, 0.05) is 28.6 Å². The van der Waals surface area contributed by atoms with Crippen LogP contribution >= 0.6 is 0 Å². The Balaban J connectivity index is 2.39. The molecule has 0 saturated heterocycles. The summed E-state index contributed by atoms with van der Waals surface area (Å²) in [6.07, 6.45) is -0.608. The Morgan fingerprint density at radius 1 is 1.35 bits per heavy atom. The van der Waals surface area contributed by atoms with Crippen molar-refractivity contribution >= 4 is 10.9 Å². The Kier molecular flexibility index (Phi) is 3.97. The van der Waals surface area contributed by atoms with Crippen LogP contribution in [0.15, 0.2) is 29.1 Å². The van der Waals surface area contributed by atoms with E-state index in [1.54, 1.807) is 6.92 Å². The maximum atomic E-state index is 11.6. The Morgan fingerprint density at radius 3 is 2.70 bits per heavy atom. The van der Waals surface area contributed by atoms with Crippen molar-refractivity contribution < 1.29 is 5.11 Å². The molecule has 108 valence electrons. The van der Waals surface area contributed by atoms with Crippen LogP contribution in [0.3, 0.4) is 0 Å². The smallest absolute Gasteiger partial charge is 0.251 e. The summed E-state index contributed by atoms with van der Waals surface area (Å²) in [5, 5.41) is 14.6. The number of hydrogen-bond donors (Lipinski definition) is 3. The molecule has 1 heterocycles. The van der Waals surface area contributed by atoms with E-state index in [1.807, 2.05) is 24.3 Å². The number of aryl methyl sites for hydroxylation is 1. The second-order valence-electron chi connectivity index (χ2n) is 6.24. The molecule has 0 radical (unpaired) electrons. The number of fused-ring (bicyclic) bond motifs is 1. The Hall–Kier alpha value is -1.65. The highest BCUT2D eigenvalue weighted by atomic mass is 16.3. The minimum Gasteiger partial charge on any atom is -0.387 e. The molecule has 2 rings (SSSR count). The van der Waals surface area contributed by atoms with Crippen molar-refractivity contribution in [2.75, 3.05) is 6.54 Å². The second kappa shape index (κ2) is 5.38. The van der Waals surface area contributed by atoms with E-state index >= 15 is 0 Å². The first kappa shape index (κ1) is 14.8. The number of H-pyrrole nitrogens is 1. The largest absolute Gasteiger partial charge is 0.387 e. The van der Waals surface area contributed by atoms with Crippen LogP contribution in [0.1, 0.15) is 38.0 Å². The van der Waals surface area contributed by atoms with Gasteiger partial charge in [-0.05, 0) is 45.4 Å². The zero-order valence-electron chi connectivity index (χ0n) is 12.4.